The molecule has 108 valence electrons. The number of rotatable bonds is 7. The van der Waals surface area contributed by atoms with Crippen LogP contribution in [-0.4, -0.2) is 43.9 Å². The van der Waals surface area contributed by atoms with E-state index < -0.39 is 0 Å². The maximum absolute atomic E-state index is 12.2. The largest absolute Gasteiger partial charge is 0.382 e. The van der Waals surface area contributed by atoms with Gasteiger partial charge >= 0.3 is 0 Å². The molecule has 20 heavy (non-hydrogen) atoms. The maximum Gasteiger partial charge on any atom is 0.252 e. The summed E-state index contributed by atoms with van der Waals surface area (Å²) in [5.41, 5.74) is 1.74. The predicted molar refractivity (Wildman–Crippen MR) is 77.9 cm³/mol. The zero-order valence-corrected chi connectivity index (χ0v) is 11.9. The normalized spacial score (nSPS) is 10.9. The summed E-state index contributed by atoms with van der Waals surface area (Å²) in [7, 11) is 3.60. The Labute approximate surface area is 118 Å². The van der Waals surface area contributed by atoms with Crippen molar-refractivity contribution in [2.45, 2.75) is 0 Å². The first-order valence-electron chi connectivity index (χ1n) is 6.63. The Kier molecular flexibility index (Phi) is 5.15. The van der Waals surface area contributed by atoms with Crippen molar-refractivity contribution in [3.05, 3.63) is 36.0 Å². The number of hydrogen-bond donors (Lipinski definition) is 1. The van der Waals surface area contributed by atoms with Crippen LogP contribution in [0.5, 0.6) is 0 Å². The Morgan fingerprint density at radius 3 is 2.90 bits per heavy atom. The number of carbonyl (C=O) groups is 1. The van der Waals surface area contributed by atoms with Crippen LogP contribution in [0, 0.1) is 0 Å². The van der Waals surface area contributed by atoms with Crippen molar-refractivity contribution < 1.29 is 14.3 Å². The highest BCUT2D eigenvalue weighted by Crippen LogP contribution is 2.19. The van der Waals surface area contributed by atoms with Crippen LogP contribution < -0.4 is 5.32 Å². The topological polar surface area (TPSA) is 52.5 Å². The molecule has 5 heteroatoms. The van der Waals surface area contributed by atoms with Crippen LogP contribution in [-0.2, 0) is 16.5 Å². The molecule has 2 rings (SSSR count). The fourth-order valence-corrected chi connectivity index (χ4v) is 2.08. The Morgan fingerprint density at radius 1 is 1.25 bits per heavy atom. The molecule has 0 aliphatic carbocycles. The van der Waals surface area contributed by atoms with Gasteiger partial charge in [-0.25, -0.2) is 0 Å². The van der Waals surface area contributed by atoms with Gasteiger partial charge in [-0.1, -0.05) is 6.07 Å². The molecule has 2 aromatic rings. The van der Waals surface area contributed by atoms with E-state index in [4.69, 9.17) is 9.47 Å². The van der Waals surface area contributed by atoms with Crippen LogP contribution in [0.15, 0.2) is 30.5 Å². The number of nitrogens with one attached hydrogen (secondary N) is 1. The summed E-state index contributed by atoms with van der Waals surface area (Å²) in [5, 5.41) is 3.83. The molecule has 0 unspecified atom stereocenters. The third-order valence-electron chi connectivity index (χ3n) is 3.14. The van der Waals surface area contributed by atoms with Gasteiger partial charge in [-0.3, -0.25) is 4.79 Å². The smallest absolute Gasteiger partial charge is 0.252 e. The fourth-order valence-electron chi connectivity index (χ4n) is 2.08. The number of ether oxygens (including phenoxy) is 2. The molecule has 1 heterocycles. The minimum atomic E-state index is -0.0721. The lowest BCUT2D eigenvalue weighted by molar-refractivity contribution is 0.0693. The molecule has 1 aromatic carbocycles. The molecule has 0 fully saturated rings. The second-order valence-corrected chi connectivity index (χ2v) is 4.53. The summed E-state index contributed by atoms with van der Waals surface area (Å²) in [5.74, 6) is -0.0721. The van der Waals surface area contributed by atoms with Gasteiger partial charge in [0.15, 0.2) is 0 Å². The van der Waals surface area contributed by atoms with E-state index in [-0.39, 0.29) is 5.91 Å². The molecule has 0 radical (unpaired) electrons. The average Bonchev–Trinajstić information content (AvgIpc) is 2.84. The third kappa shape index (κ3) is 3.37. The molecule has 0 saturated heterocycles. The lowest BCUT2D eigenvalue weighted by atomic mass is 10.1. The zero-order chi connectivity index (χ0) is 14.4. The molecule has 0 spiro atoms. The summed E-state index contributed by atoms with van der Waals surface area (Å²) in [6.07, 6.45) is 1.95. The van der Waals surface area contributed by atoms with Gasteiger partial charge in [0.25, 0.3) is 5.91 Å². The highest BCUT2D eigenvalue weighted by molar-refractivity contribution is 6.06. The standard InChI is InChI=1S/C15H20N2O3/c1-17-8-6-12-13(4-3-5-14(12)17)15(18)16-7-9-20-11-10-19-2/h3-6,8H,7,9-11H2,1-2H3,(H,16,18). The summed E-state index contributed by atoms with van der Waals surface area (Å²) < 4.78 is 12.2. The summed E-state index contributed by atoms with van der Waals surface area (Å²) in [4.78, 5) is 12.2. The second-order valence-electron chi connectivity index (χ2n) is 4.53. The quantitative estimate of drug-likeness (QED) is 0.781. The van der Waals surface area contributed by atoms with Crippen molar-refractivity contribution >= 4 is 16.8 Å². The number of nitrogens with zero attached hydrogens (tertiary/aromatic N) is 1. The fraction of sp³-hybridized carbons (Fsp3) is 0.400. The number of hydrogen-bond acceptors (Lipinski definition) is 3. The van der Waals surface area contributed by atoms with Gasteiger partial charge in [-0.15, -0.1) is 0 Å². The second kappa shape index (κ2) is 7.07. The first-order chi connectivity index (χ1) is 9.74. The van der Waals surface area contributed by atoms with Crippen LogP contribution in [0.25, 0.3) is 10.9 Å². The van der Waals surface area contributed by atoms with Gasteiger partial charge < -0.3 is 19.4 Å². The molecule has 5 nitrogen and oxygen atoms in total. The Morgan fingerprint density at radius 2 is 2.10 bits per heavy atom. The summed E-state index contributed by atoms with van der Waals surface area (Å²) in [6, 6.07) is 7.69. The Balaban J connectivity index is 1.91. The zero-order valence-electron chi connectivity index (χ0n) is 11.9. The van der Waals surface area contributed by atoms with E-state index in [1.165, 1.54) is 0 Å². The highest BCUT2D eigenvalue weighted by atomic mass is 16.5. The van der Waals surface area contributed by atoms with Crippen LogP contribution in [0.1, 0.15) is 10.4 Å². The number of aromatic nitrogens is 1. The summed E-state index contributed by atoms with van der Waals surface area (Å²) in [6.45, 7) is 2.09. The molecule has 1 aromatic heterocycles. The first-order valence-corrected chi connectivity index (χ1v) is 6.63. The molecule has 0 aliphatic heterocycles. The Hall–Kier alpha value is -1.85. The van der Waals surface area contributed by atoms with E-state index in [0.29, 0.717) is 31.9 Å². The molecule has 0 saturated carbocycles. The van der Waals surface area contributed by atoms with Crippen molar-refractivity contribution in [1.82, 2.24) is 9.88 Å². The molecular weight excluding hydrogens is 256 g/mol. The van der Waals surface area contributed by atoms with Gasteiger partial charge in [-0.2, -0.15) is 0 Å². The van der Waals surface area contributed by atoms with Crippen LogP contribution in [0.4, 0.5) is 0 Å². The number of aryl methyl sites for hydroxylation is 1. The maximum atomic E-state index is 12.2. The molecule has 1 N–H and O–H groups in total. The first kappa shape index (κ1) is 14.6. The predicted octanol–water partition coefficient (Wildman–Crippen LogP) is 1.57. The van der Waals surface area contributed by atoms with Crippen molar-refractivity contribution in [3.63, 3.8) is 0 Å². The number of fused-ring (bicyclic) bond motifs is 1. The molecule has 0 aliphatic rings. The number of methoxy groups -OCH3 is 1. The number of carbonyl (C=O) groups excluding carboxylic acids is 1. The SMILES string of the molecule is COCCOCCNC(=O)c1cccc2c1ccn2C. The minimum Gasteiger partial charge on any atom is -0.382 e. The van der Waals surface area contributed by atoms with Gasteiger partial charge in [0, 0.05) is 43.4 Å². The van der Waals surface area contributed by atoms with E-state index in [2.05, 4.69) is 5.32 Å². The monoisotopic (exact) mass is 276 g/mol. The number of amides is 1. The van der Waals surface area contributed by atoms with Gasteiger partial charge in [0.05, 0.1) is 19.8 Å². The molecule has 0 atom stereocenters. The Bertz CT molecular complexity index is 578. The number of benzene rings is 1. The van der Waals surface area contributed by atoms with E-state index >= 15 is 0 Å². The van der Waals surface area contributed by atoms with E-state index in [9.17, 15) is 4.79 Å². The third-order valence-corrected chi connectivity index (χ3v) is 3.14. The van der Waals surface area contributed by atoms with Crippen LogP contribution in [0.3, 0.4) is 0 Å². The van der Waals surface area contributed by atoms with Gasteiger partial charge in [0.2, 0.25) is 0 Å². The van der Waals surface area contributed by atoms with Crippen molar-refractivity contribution in [2.24, 2.45) is 7.05 Å². The van der Waals surface area contributed by atoms with Crippen molar-refractivity contribution in [1.29, 1.82) is 0 Å². The van der Waals surface area contributed by atoms with Crippen molar-refractivity contribution in [3.8, 4) is 0 Å². The lowest BCUT2D eigenvalue weighted by Gasteiger charge is -2.07. The van der Waals surface area contributed by atoms with E-state index in [1.807, 2.05) is 42.1 Å². The van der Waals surface area contributed by atoms with Gasteiger partial charge in [0.1, 0.15) is 0 Å². The van der Waals surface area contributed by atoms with Gasteiger partial charge in [-0.05, 0) is 18.2 Å². The van der Waals surface area contributed by atoms with Crippen LogP contribution >= 0.6 is 0 Å². The molecule has 1 amide bonds. The minimum absolute atomic E-state index is 0.0721. The summed E-state index contributed by atoms with van der Waals surface area (Å²) >= 11 is 0. The van der Waals surface area contributed by atoms with Crippen LogP contribution in [0.2, 0.25) is 0 Å². The van der Waals surface area contributed by atoms with Crippen molar-refractivity contribution in [2.75, 3.05) is 33.5 Å². The van der Waals surface area contributed by atoms with E-state index in [1.54, 1.807) is 7.11 Å². The highest BCUT2D eigenvalue weighted by Gasteiger charge is 2.10. The lowest BCUT2D eigenvalue weighted by Crippen LogP contribution is -2.27. The molecule has 0 bridgehead atoms. The molecular formula is C15H20N2O3. The van der Waals surface area contributed by atoms with E-state index in [0.717, 1.165) is 10.9 Å². The average molecular weight is 276 g/mol.